The molecule has 1 rings (SSSR count). The fraction of sp³-hybridized carbons (Fsp3) is 0.900. The van der Waals surface area contributed by atoms with Crippen LogP contribution < -0.4 is 5.32 Å². The van der Waals surface area contributed by atoms with Gasteiger partial charge in [-0.1, -0.05) is 34.8 Å². The largest absolute Gasteiger partial charge is 0.445 e. The first-order chi connectivity index (χ1) is 9.15. The van der Waals surface area contributed by atoms with E-state index in [9.17, 15) is 15.0 Å². The summed E-state index contributed by atoms with van der Waals surface area (Å²) in [4.78, 5) is 11.5. The lowest BCUT2D eigenvalue weighted by Crippen LogP contribution is -2.63. The van der Waals surface area contributed by atoms with Gasteiger partial charge in [0, 0.05) is 0 Å². The average Bonchev–Trinajstić information content (AvgIpc) is 2.35. The number of nitrogens with one attached hydrogen (secondary N) is 1. The lowest BCUT2D eigenvalue weighted by atomic mass is 9.94. The maximum absolute atomic E-state index is 11.5. The van der Waals surface area contributed by atoms with Crippen molar-refractivity contribution < 1.29 is 29.6 Å². The predicted molar refractivity (Wildman–Crippen MR) is 72.0 cm³/mol. The molecule has 1 heterocycles. The molecule has 0 bridgehead atoms. The molecule has 0 aromatic carbocycles. The molecule has 7 nitrogen and oxygen atoms in total. The number of aliphatic hydroxyl groups excluding tert-OH is 3. The number of halogens is 3. The molecule has 5 atom stereocenters. The Morgan fingerprint density at radius 2 is 1.95 bits per heavy atom. The number of ether oxygens (including phenoxy) is 2. The van der Waals surface area contributed by atoms with E-state index < -0.39 is 53.6 Å². The summed E-state index contributed by atoms with van der Waals surface area (Å²) < 4.78 is 8.18. The SMILES string of the molecule is CC1OC(CO)C(O)C(O)C1NC(=O)OCC(Cl)(Cl)Cl. The van der Waals surface area contributed by atoms with E-state index in [1.165, 1.54) is 0 Å². The van der Waals surface area contributed by atoms with Crippen LogP contribution in [0.2, 0.25) is 0 Å². The van der Waals surface area contributed by atoms with E-state index in [1.807, 2.05) is 0 Å². The van der Waals surface area contributed by atoms with Crippen LogP contribution in [0.4, 0.5) is 4.79 Å². The number of hydrogen-bond donors (Lipinski definition) is 4. The minimum absolute atomic E-state index is 0.451. The molecular weight excluding hydrogens is 336 g/mol. The number of rotatable bonds is 3. The molecule has 1 aliphatic heterocycles. The summed E-state index contributed by atoms with van der Waals surface area (Å²) in [6.07, 6.45) is -5.16. The smallest absolute Gasteiger partial charge is 0.407 e. The molecule has 118 valence electrons. The first-order valence-electron chi connectivity index (χ1n) is 5.78. The molecule has 4 N–H and O–H groups in total. The molecule has 5 unspecified atom stereocenters. The van der Waals surface area contributed by atoms with Gasteiger partial charge in [0.15, 0.2) is 0 Å². The van der Waals surface area contributed by atoms with Crippen molar-refractivity contribution in [2.45, 2.75) is 41.2 Å². The Morgan fingerprint density at radius 3 is 2.45 bits per heavy atom. The Balaban J connectivity index is 2.56. The van der Waals surface area contributed by atoms with Crippen LogP contribution in [0.3, 0.4) is 0 Å². The van der Waals surface area contributed by atoms with Crippen molar-refractivity contribution in [2.24, 2.45) is 0 Å². The van der Waals surface area contributed by atoms with Gasteiger partial charge >= 0.3 is 6.09 Å². The highest BCUT2D eigenvalue weighted by atomic mass is 35.6. The van der Waals surface area contributed by atoms with E-state index in [0.717, 1.165) is 0 Å². The molecule has 0 aliphatic carbocycles. The second-order valence-electron chi connectivity index (χ2n) is 4.40. The lowest BCUT2D eigenvalue weighted by molar-refractivity contribution is -0.188. The van der Waals surface area contributed by atoms with Crippen LogP contribution in [0, 0.1) is 0 Å². The maximum Gasteiger partial charge on any atom is 0.407 e. The summed E-state index contributed by atoms with van der Waals surface area (Å²) >= 11 is 16.3. The highest BCUT2D eigenvalue weighted by Gasteiger charge is 2.43. The van der Waals surface area contributed by atoms with Crippen LogP contribution >= 0.6 is 34.8 Å². The van der Waals surface area contributed by atoms with Gasteiger partial charge in [0.1, 0.15) is 24.9 Å². The lowest BCUT2D eigenvalue weighted by Gasteiger charge is -2.41. The molecule has 0 aromatic heterocycles. The van der Waals surface area contributed by atoms with Gasteiger partial charge in [-0.05, 0) is 6.92 Å². The molecule has 0 saturated carbocycles. The molecule has 0 aromatic rings. The van der Waals surface area contributed by atoms with Crippen molar-refractivity contribution in [2.75, 3.05) is 13.2 Å². The van der Waals surface area contributed by atoms with Crippen molar-refractivity contribution in [3.8, 4) is 0 Å². The third-order valence-electron chi connectivity index (χ3n) is 2.83. The van der Waals surface area contributed by atoms with Gasteiger partial charge in [0.05, 0.1) is 18.8 Å². The summed E-state index contributed by atoms with van der Waals surface area (Å²) in [5.74, 6) is 0. The topological polar surface area (TPSA) is 108 Å². The molecule has 1 fully saturated rings. The van der Waals surface area contributed by atoms with E-state index in [4.69, 9.17) is 44.6 Å². The van der Waals surface area contributed by atoms with Crippen molar-refractivity contribution in [3.63, 3.8) is 0 Å². The maximum atomic E-state index is 11.5. The van der Waals surface area contributed by atoms with Gasteiger partial charge in [0.25, 0.3) is 0 Å². The third kappa shape index (κ3) is 5.07. The second-order valence-corrected chi connectivity index (χ2v) is 6.92. The Kier molecular flexibility index (Phi) is 6.59. The van der Waals surface area contributed by atoms with Gasteiger partial charge in [-0.25, -0.2) is 4.79 Å². The van der Waals surface area contributed by atoms with Crippen molar-refractivity contribution in [1.82, 2.24) is 5.32 Å². The van der Waals surface area contributed by atoms with Crippen molar-refractivity contribution in [3.05, 3.63) is 0 Å². The van der Waals surface area contributed by atoms with E-state index in [0.29, 0.717) is 0 Å². The van der Waals surface area contributed by atoms with E-state index in [-0.39, 0.29) is 0 Å². The zero-order valence-electron chi connectivity index (χ0n) is 10.5. The van der Waals surface area contributed by atoms with Gasteiger partial charge in [-0.3, -0.25) is 0 Å². The standard InChI is InChI=1S/C10H16Cl3NO6/c1-4-6(8(17)7(16)5(2-15)20-4)14-9(18)19-3-10(11,12)13/h4-8,15-17H,2-3H2,1H3,(H,14,18). The number of hydrogen-bond acceptors (Lipinski definition) is 6. The number of alkyl carbamates (subject to hydrolysis) is 1. The third-order valence-corrected chi connectivity index (χ3v) is 3.15. The minimum Gasteiger partial charge on any atom is -0.445 e. The van der Waals surface area contributed by atoms with Gasteiger partial charge in [-0.15, -0.1) is 0 Å². The van der Waals surface area contributed by atoms with E-state index in [2.05, 4.69) is 10.1 Å². The summed E-state index contributed by atoms with van der Waals surface area (Å²) in [5, 5.41) is 30.9. The minimum atomic E-state index is -1.74. The van der Waals surface area contributed by atoms with Gasteiger partial charge in [-0.2, -0.15) is 0 Å². The molecule has 20 heavy (non-hydrogen) atoms. The monoisotopic (exact) mass is 351 g/mol. The van der Waals surface area contributed by atoms with Crippen LogP contribution in [0.25, 0.3) is 0 Å². The van der Waals surface area contributed by atoms with Crippen LogP contribution in [0.15, 0.2) is 0 Å². The summed E-state index contributed by atoms with van der Waals surface area (Å²) in [6.45, 7) is 0.647. The van der Waals surface area contributed by atoms with Gasteiger partial charge in [0.2, 0.25) is 3.79 Å². The Morgan fingerprint density at radius 1 is 1.35 bits per heavy atom. The molecule has 0 radical (unpaired) electrons. The Hall–Kier alpha value is -0.0200. The molecule has 1 saturated heterocycles. The first kappa shape index (κ1) is 18.0. The number of aliphatic hydroxyl groups is 3. The van der Waals surface area contributed by atoms with Gasteiger partial charge < -0.3 is 30.1 Å². The first-order valence-corrected chi connectivity index (χ1v) is 6.91. The fourth-order valence-corrected chi connectivity index (χ4v) is 1.99. The Labute approximate surface area is 130 Å². The van der Waals surface area contributed by atoms with E-state index in [1.54, 1.807) is 6.92 Å². The Bertz CT molecular complexity index is 339. The van der Waals surface area contributed by atoms with Crippen molar-refractivity contribution in [1.29, 1.82) is 0 Å². The van der Waals surface area contributed by atoms with Crippen molar-refractivity contribution >= 4 is 40.9 Å². The molecule has 10 heteroatoms. The highest BCUT2D eigenvalue weighted by Crippen LogP contribution is 2.26. The normalized spacial score (nSPS) is 34.6. The van der Waals surface area contributed by atoms with Crippen LogP contribution in [-0.2, 0) is 9.47 Å². The summed E-state index contributed by atoms with van der Waals surface area (Å²) in [6, 6.07) is -0.921. The highest BCUT2D eigenvalue weighted by molar-refractivity contribution is 6.67. The molecular formula is C10H16Cl3NO6. The summed E-state index contributed by atoms with van der Waals surface area (Å²) in [7, 11) is 0. The molecule has 1 amide bonds. The quantitative estimate of drug-likeness (QED) is 0.531. The molecule has 0 spiro atoms. The number of amides is 1. The molecule has 1 aliphatic rings. The number of alkyl halides is 3. The van der Waals surface area contributed by atoms with Crippen LogP contribution in [-0.4, -0.2) is 68.9 Å². The zero-order chi connectivity index (χ0) is 15.5. The van der Waals surface area contributed by atoms with Crippen LogP contribution in [0.5, 0.6) is 0 Å². The second kappa shape index (κ2) is 7.31. The number of carbonyl (C=O) groups excluding carboxylic acids is 1. The predicted octanol–water partition coefficient (Wildman–Crippen LogP) is -0.0472. The fourth-order valence-electron chi connectivity index (χ4n) is 1.83. The van der Waals surface area contributed by atoms with E-state index >= 15 is 0 Å². The summed E-state index contributed by atoms with van der Waals surface area (Å²) in [5.41, 5.74) is 0. The zero-order valence-corrected chi connectivity index (χ0v) is 12.8. The van der Waals surface area contributed by atoms with Crippen LogP contribution in [0.1, 0.15) is 6.92 Å². The number of carbonyl (C=O) groups is 1. The average molecular weight is 353 g/mol.